The number of benzene rings is 1. The van der Waals surface area contributed by atoms with E-state index in [0.29, 0.717) is 5.92 Å². The minimum atomic E-state index is -0.408. The van der Waals surface area contributed by atoms with E-state index < -0.39 is 6.04 Å². The molecule has 2 saturated heterocycles. The maximum atomic E-state index is 12.8. The number of amides is 2. The second-order valence-corrected chi connectivity index (χ2v) is 6.32. The Morgan fingerprint density at radius 1 is 1.19 bits per heavy atom. The molecule has 0 saturated carbocycles. The van der Waals surface area contributed by atoms with Crippen LogP contribution >= 0.6 is 0 Å². The van der Waals surface area contributed by atoms with E-state index in [1.807, 2.05) is 25.1 Å². The minimum Gasteiger partial charge on any atom is -0.329 e. The first-order chi connectivity index (χ1) is 10.0. The van der Waals surface area contributed by atoms with Crippen LogP contribution in [0.4, 0.5) is 5.69 Å². The van der Waals surface area contributed by atoms with Gasteiger partial charge in [-0.2, -0.15) is 0 Å². The Morgan fingerprint density at radius 3 is 2.67 bits per heavy atom. The third-order valence-corrected chi connectivity index (χ3v) is 4.62. The van der Waals surface area contributed by atoms with Crippen molar-refractivity contribution in [2.75, 3.05) is 11.4 Å². The zero-order valence-corrected chi connectivity index (χ0v) is 12.9. The average molecular weight is 286 g/mol. The predicted molar refractivity (Wildman–Crippen MR) is 82.2 cm³/mol. The van der Waals surface area contributed by atoms with Gasteiger partial charge in [-0.3, -0.25) is 14.5 Å². The van der Waals surface area contributed by atoms with Crippen LogP contribution in [0.2, 0.25) is 0 Å². The molecular formula is C17H22N2O2. The van der Waals surface area contributed by atoms with Gasteiger partial charge in [-0.25, -0.2) is 0 Å². The van der Waals surface area contributed by atoms with Gasteiger partial charge in [-0.1, -0.05) is 26.0 Å². The van der Waals surface area contributed by atoms with Crippen LogP contribution in [0.3, 0.4) is 0 Å². The fourth-order valence-corrected chi connectivity index (χ4v) is 3.37. The van der Waals surface area contributed by atoms with E-state index in [1.54, 1.807) is 9.80 Å². The van der Waals surface area contributed by atoms with Gasteiger partial charge >= 0.3 is 0 Å². The van der Waals surface area contributed by atoms with Crippen molar-refractivity contribution in [1.82, 2.24) is 4.90 Å². The van der Waals surface area contributed by atoms with Gasteiger partial charge in [0.25, 0.3) is 5.91 Å². The molecule has 0 bridgehead atoms. The molecule has 1 aromatic rings. The SMILES string of the molecule is CC(C)c1cccc(N2C(=O)C3CCCN3C(=O)C2C)c1. The van der Waals surface area contributed by atoms with Crippen molar-refractivity contribution in [3.8, 4) is 0 Å². The largest absolute Gasteiger partial charge is 0.329 e. The number of fused-ring (bicyclic) bond motifs is 1. The fourth-order valence-electron chi connectivity index (χ4n) is 3.37. The van der Waals surface area contributed by atoms with Crippen LogP contribution in [-0.2, 0) is 9.59 Å². The van der Waals surface area contributed by atoms with Crippen LogP contribution in [0.25, 0.3) is 0 Å². The molecule has 2 unspecified atom stereocenters. The minimum absolute atomic E-state index is 0.0699. The van der Waals surface area contributed by atoms with Crippen LogP contribution in [0, 0.1) is 0 Å². The van der Waals surface area contributed by atoms with Gasteiger partial charge in [-0.15, -0.1) is 0 Å². The van der Waals surface area contributed by atoms with E-state index in [1.165, 1.54) is 5.56 Å². The smallest absolute Gasteiger partial charge is 0.250 e. The third-order valence-electron chi connectivity index (χ3n) is 4.62. The van der Waals surface area contributed by atoms with E-state index in [4.69, 9.17) is 0 Å². The molecule has 1 aromatic carbocycles. The summed E-state index contributed by atoms with van der Waals surface area (Å²) in [6.45, 7) is 6.81. The lowest BCUT2D eigenvalue weighted by Gasteiger charge is -2.41. The molecule has 0 aliphatic carbocycles. The fraction of sp³-hybridized carbons (Fsp3) is 0.529. The topological polar surface area (TPSA) is 40.6 Å². The van der Waals surface area contributed by atoms with E-state index in [2.05, 4.69) is 19.9 Å². The summed E-state index contributed by atoms with van der Waals surface area (Å²) in [6, 6.07) is 7.34. The van der Waals surface area contributed by atoms with Gasteiger partial charge < -0.3 is 4.90 Å². The second-order valence-electron chi connectivity index (χ2n) is 6.32. The molecule has 2 aliphatic rings. The van der Waals surface area contributed by atoms with Crippen LogP contribution in [0.1, 0.15) is 45.1 Å². The third kappa shape index (κ3) is 2.23. The van der Waals surface area contributed by atoms with Crippen molar-refractivity contribution in [2.24, 2.45) is 0 Å². The summed E-state index contributed by atoms with van der Waals surface area (Å²) < 4.78 is 0. The van der Waals surface area contributed by atoms with E-state index in [-0.39, 0.29) is 17.9 Å². The summed E-state index contributed by atoms with van der Waals surface area (Å²) in [6.07, 6.45) is 1.71. The Hall–Kier alpha value is -1.84. The number of nitrogens with zero attached hydrogens (tertiary/aromatic N) is 2. The Bertz CT molecular complexity index is 582. The quantitative estimate of drug-likeness (QED) is 0.838. The maximum absolute atomic E-state index is 12.8. The predicted octanol–water partition coefficient (Wildman–Crippen LogP) is 2.54. The van der Waals surface area contributed by atoms with E-state index in [9.17, 15) is 9.59 Å². The number of piperazine rings is 1. The lowest BCUT2D eigenvalue weighted by atomic mass is 10.0. The first-order valence-electron chi connectivity index (χ1n) is 7.74. The molecule has 112 valence electrons. The van der Waals surface area contributed by atoms with Crippen molar-refractivity contribution in [1.29, 1.82) is 0 Å². The molecule has 2 amide bonds. The van der Waals surface area contributed by atoms with Crippen molar-refractivity contribution in [2.45, 2.75) is 51.6 Å². The summed E-state index contributed by atoms with van der Waals surface area (Å²) in [5.74, 6) is 0.548. The van der Waals surface area contributed by atoms with Crippen LogP contribution in [-0.4, -0.2) is 35.3 Å². The summed E-state index contributed by atoms with van der Waals surface area (Å²) >= 11 is 0. The molecule has 2 aliphatic heterocycles. The lowest BCUT2D eigenvalue weighted by Crippen LogP contribution is -2.62. The van der Waals surface area contributed by atoms with Crippen molar-refractivity contribution >= 4 is 17.5 Å². The number of hydrogen-bond acceptors (Lipinski definition) is 2. The standard InChI is InChI=1S/C17H22N2O2/c1-11(2)13-6-4-7-14(10-13)19-12(3)16(20)18-9-5-8-15(18)17(19)21/h4,6-7,10-12,15H,5,8-9H2,1-3H3. The van der Waals surface area contributed by atoms with E-state index in [0.717, 1.165) is 25.1 Å². The van der Waals surface area contributed by atoms with Crippen LogP contribution in [0.15, 0.2) is 24.3 Å². The normalized spacial score (nSPS) is 25.7. The average Bonchev–Trinajstić information content (AvgIpc) is 2.95. The van der Waals surface area contributed by atoms with Gasteiger partial charge in [0.1, 0.15) is 12.1 Å². The molecule has 0 spiro atoms. The lowest BCUT2D eigenvalue weighted by molar-refractivity contribution is -0.143. The highest BCUT2D eigenvalue weighted by atomic mass is 16.2. The van der Waals surface area contributed by atoms with Gasteiger partial charge in [0.15, 0.2) is 0 Å². The molecule has 2 heterocycles. The van der Waals surface area contributed by atoms with Gasteiger partial charge in [0.05, 0.1) is 0 Å². The molecule has 3 rings (SSSR count). The zero-order valence-electron chi connectivity index (χ0n) is 12.9. The Balaban J connectivity index is 1.98. The first-order valence-corrected chi connectivity index (χ1v) is 7.74. The first kappa shape index (κ1) is 14.1. The van der Waals surface area contributed by atoms with Crippen molar-refractivity contribution < 1.29 is 9.59 Å². The second kappa shape index (κ2) is 5.17. The number of hydrogen-bond donors (Lipinski definition) is 0. The highest BCUT2D eigenvalue weighted by molar-refractivity contribution is 6.08. The molecule has 2 atom stereocenters. The summed E-state index contributed by atoms with van der Waals surface area (Å²) in [4.78, 5) is 28.7. The monoisotopic (exact) mass is 286 g/mol. The molecule has 4 heteroatoms. The molecule has 4 nitrogen and oxygen atoms in total. The number of anilines is 1. The van der Waals surface area contributed by atoms with Crippen LogP contribution < -0.4 is 4.90 Å². The molecule has 0 radical (unpaired) electrons. The molecule has 2 fully saturated rings. The Kier molecular flexibility index (Phi) is 3.47. The molecule has 21 heavy (non-hydrogen) atoms. The van der Waals surface area contributed by atoms with Gasteiger partial charge in [0, 0.05) is 12.2 Å². The van der Waals surface area contributed by atoms with Crippen molar-refractivity contribution in [3.63, 3.8) is 0 Å². The van der Waals surface area contributed by atoms with Crippen LogP contribution in [0.5, 0.6) is 0 Å². The highest BCUT2D eigenvalue weighted by Gasteiger charge is 2.46. The molecule has 0 N–H and O–H groups in total. The summed E-state index contributed by atoms with van der Waals surface area (Å²) in [7, 11) is 0. The van der Waals surface area contributed by atoms with Gasteiger partial charge in [-0.05, 0) is 43.4 Å². The van der Waals surface area contributed by atoms with Crippen molar-refractivity contribution in [3.05, 3.63) is 29.8 Å². The zero-order chi connectivity index (χ0) is 15.1. The summed E-state index contributed by atoms with van der Waals surface area (Å²) in [5.41, 5.74) is 2.03. The maximum Gasteiger partial charge on any atom is 0.250 e. The number of carbonyl (C=O) groups excluding carboxylic acids is 2. The van der Waals surface area contributed by atoms with E-state index >= 15 is 0 Å². The Morgan fingerprint density at radius 2 is 1.95 bits per heavy atom. The number of carbonyl (C=O) groups is 2. The Labute approximate surface area is 125 Å². The summed E-state index contributed by atoms with van der Waals surface area (Å²) in [5, 5.41) is 0. The van der Waals surface area contributed by atoms with Gasteiger partial charge in [0.2, 0.25) is 5.91 Å². The molecular weight excluding hydrogens is 264 g/mol. The highest BCUT2D eigenvalue weighted by Crippen LogP contribution is 2.31. The number of rotatable bonds is 2. The molecule has 0 aromatic heterocycles.